The molecule has 0 heterocycles. The van der Waals surface area contributed by atoms with E-state index < -0.39 is 5.97 Å². The summed E-state index contributed by atoms with van der Waals surface area (Å²) in [5.74, 6) is -1.07. The normalized spacial score (nSPS) is 19.7. The van der Waals surface area contributed by atoms with Gasteiger partial charge in [-0.15, -0.1) is 11.8 Å². The Morgan fingerprint density at radius 2 is 1.79 bits per heavy atom. The third-order valence-electron chi connectivity index (χ3n) is 3.95. The predicted octanol–water partition coefficient (Wildman–Crippen LogP) is 2.04. The Morgan fingerprint density at radius 3 is 2.42 bits per heavy atom. The highest BCUT2D eigenvalue weighted by molar-refractivity contribution is 8.00. The quantitative estimate of drug-likeness (QED) is 0.699. The van der Waals surface area contributed by atoms with Gasteiger partial charge in [0, 0.05) is 11.7 Å². The third-order valence-corrected chi connectivity index (χ3v) is 4.88. The highest BCUT2D eigenvalue weighted by Crippen LogP contribution is 2.25. The number of amides is 2. The van der Waals surface area contributed by atoms with Crippen molar-refractivity contribution in [2.75, 3.05) is 16.8 Å². The molecule has 0 spiro atoms. The van der Waals surface area contributed by atoms with E-state index in [2.05, 4.69) is 10.6 Å². The lowest BCUT2D eigenvalue weighted by Crippen LogP contribution is -2.34. The molecule has 130 valence electrons. The van der Waals surface area contributed by atoms with Gasteiger partial charge in [0.05, 0.1) is 17.4 Å². The van der Waals surface area contributed by atoms with Crippen molar-refractivity contribution in [1.82, 2.24) is 5.32 Å². The second-order valence-electron chi connectivity index (χ2n) is 6.02. The van der Waals surface area contributed by atoms with Crippen LogP contribution in [0.4, 0.5) is 5.69 Å². The van der Waals surface area contributed by atoms with Crippen LogP contribution in [0.15, 0.2) is 24.3 Å². The van der Waals surface area contributed by atoms with Crippen LogP contribution in [-0.4, -0.2) is 40.4 Å². The first kappa shape index (κ1) is 18.3. The summed E-state index contributed by atoms with van der Waals surface area (Å²) in [6.45, 7) is 1.98. The van der Waals surface area contributed by atoms with E-state index in [1.54, 1.807) is 0 Å². The molecular formula is C17H22N2O4S. The van der Waals surface area contributed by atoms with Crippen LogP contribution in [0.5, 0.6) is 0 Å². The van der Waals surface area contributed by atoms with E-state index in [0.29, 0.717) is 19.3 Å². The number of carbonyl (C=O) groups excluding carboxylic acids is 2. The van der Waals surface area contributed by atoms with Gasteiger partial charge in [0.1, 0.15) is 0 Å². The van der Waals surface area contributed by atoms with Crippen molar-refractivity contribution in [1.29, 1.82) is 0 Å². The number of thioether (sulfide) groups is 1. The Kier molecular flexibility index (Phi) is 6.66. The van der Waals surface area contributed by atoms with Gasteiger partial charge in [-0.05, 0) is 38.3 Å². The number of carboxylic acids is 1. The minimum atomic E-state index is -0.797. The zero-order valence-electron chi connectivity index (χ0n) is 13.6. The number of anilines is 1. The van der Waals surface area contributed by atoms with E-state index in [-0.39, 0.29) is 35.3 Å². The van der Waals surface area contributed by atoms with E-state index in [4.69, 9.17) is 5.11 Å². The number of hydrogen-bond acceptors (Lipinski definition) is 4. The molecule has 2 rings (SSSR count). The molecule has 0 radical (unpaired) electrons. The van der Waals surface area contributed by atoms with Gasteiger partial charge in [0.25, 0.3) is 0 Å². The van der Waals surface area contributed by atoms with Crippen molar-refractivity contribution in [3.8, 4) is 0 Å². The summed E-state index contributed by atoms with van der Waals surface area (Å²) in [5, 5.41) is 14.6. The largest absolute Gasteiger partial charge is 0.481 e. The minimum absolute atomic E-state index is 0.0689. The van der Waals surface area contributed by atoms with Crippen molar-refractivity contribution in [3.63, 3.8) is 0 Å². The standard InChI is InChI=1S/C17H22N2O4S/c1-11-2-5-13(6-3-11)18-15(20)9-24-10-16(21)19-14-7-4-12(8-14)17(22)23/h2-3,5-6,12,14H,4,7-10H2,1H3,(H,18,20)(H,19,21)(H,22,23)/t12-,14+/m1/s1. The lowest BCUT2D eigenvalue weighted by molar-refractivity contribution is -0.141. The average Bonchev–Trinajstić information content (AvgIpc) is 2.98. The molecule has 0 bridgehead atoms. The molecule has 1 aliphatic carbocycles. The van der Waals surface area contributed by atoms with Crippen LogP contribution < -0.4 is 10.6 Å². The number of aryl methyl sites for hydroxylation is 1. The predicted molar refractivity (Wildman–Crippen MR) is 94.0 cm³/mol. The van der Waals surface area contributed by atoms with Crippen LogP contribution >= 0.6 is 11.8 Å². The number of nitrogens with one attached hydrogen (secondary N) is 2. The van der Waals surface area contributed by atoms with Crippen molar-refractivity contribution in [3.05, 3.63) is 29.8 Å². The Hall–Kier alpha value is -2.02. The molecule has 0 saturated heterocycles. The zero-order chi connectivity index (χ0) is 17.5. The molecule has 1 aliphatic rings. The fourth-order valence-electron chi connectivity index (χ4n) is 2.68. The van der Waals surface area contributed by atoms with E-state index in [1.807, 2.05) is 31.2 Å². The molecule has 6 nitrogen and oxygen atoms in total. The summed E-state index contributed by atoms with van der Waals surface area (Å²) in [6.07, 6.45) is 1.79. The van der Waals surface area contributed by atoms with Crippen molar-refractivity contribution >= 4 is 35.2 Å². The molecule has 1 aromatic carbocycles. The summed E-state index contributed by atoms with van der Waals surface area (Å²) < 4.78 is 0. The maximum absolute atomic E-state index is 11.8. The van der Waals surface area contributed by atoms with Gasteiger partial charge in [-0.1, -0.05) is 17.7 Å². The van der Waals surface area contributed by atoms with Gasteiger partial charge < -0.3 is 15.7 Å². The summed E-state index contributed by atoms with van der Waals surface area (Å²) in [7, 11) is 0. The smallest absolute Gasteiger partial charge is 0.306 e. The number of carbonyl (C=O) groups is 3. The van der Waals surface area contributed by atoms with Gasteiger partial charge >= 0.3 is 5.97 Å². The van der Waals surface area contributed by atoms with Crippen molar-refractivity contribution < 1.29 is 19.5 Å². The zero-order valence-corrected chi connectivity index (χ0v) is 14.4. The van der Waals surface area contributed by atoms with Crippen molar-refractivity contribution in [2.45, 2.75) is 32.2 Å². The maximum Gasteiger partial charge on any atom is 0.306 e. The molecule has 2 atom stereocenters. The Morgan fingerprint density at radius 1 is 1.12 bits per heavy atom. The Balaban J connectivity index is 1.63. The van der Waals surface area contributed by atoms with Gasteiger partial charge in [-0.2, -0.15) is 0 Å². The second kappa shape index (κ2) is 8.73. The van der Waals surface area contributed by atoms with Crippen molar-refractivity contribution in [2.24, 2.45) is 5.92 Å². The van der Waals surface area contributed by atoms with Crippen LogP contribution in [0.2, 0.25) is 0 Å². The van der Waals surface area contributed by atoms with Gasteiger partial charge in [0.2, 0.25) is 11.8 Å². The van der Waals surface area contributed by atoms with Gasteiger partial charge in [-0.25, -0.2) is 0 Å². The monoisotopic (exact) mass is 350 g/mol. The molecule has 24 heavy (non-hydrogen) atoms. The lowest BCUT2D eigenvalue weighted by Gasteiger charge is -2.12. The Bertz CT molecular complexity index is 603. The molecule has 0 unspecified atom stereocenters. The van der Waals surface area contributed by atoms with E-state index in [9.17, 15) is 14.4 Å². The van der Waals surface area contributed by atoms with Gasteiger partial charge in [-0.3, -0.25) is 14.4 Å². The first-order valence-corrected chi connectivity index (χ1v) is 9.06. The van der Waals surface area contributed by atoms with E-state index in [0.717, 1.165) is 11.3 Å². The van der Waals surface area contributed by atoms with Crippen LogP contribution in [0.3, 0.4) is 0 Å². The molecule has 3 N–H and O–H groups in total. The van der Waals surface area contributed by atoms with Crippen LogP contribution in [-0.2, 0) is 14.4 Å². The molecular weight excluding hydrogens is 328 g/mol. The number of rotatable bonds is 7. The number of aliphatic carboxylic acids is 1. The molecule has 1 fully saturated rings. The molecule has 1 aromatic rings. The average molecular weight is 350 g/mol. The van der Waals surface area contributed by atoms with Crippen LogP contribution in [0, 0.1) is 12.8 Å². The second-order valence-corrected chi connectivity index (χ2v) is 7.01. The van der Waals surface area contributed by atoms with Crippen LogP contribution in [0.25, 0.3) is 0 Å². The fourth-order valence-corrected chi connectivity index (χ4v) is 3.30. The topological polar surface area (TPSA) is 95.5 Å². The van der Waals surface area contributed by atoms with E-state index >= 15 is 0 Å². The van der Waals surface area contributed by atoms with Crippen LogP contribution in [0.1, 0.15) is 24.8 Å². The molecule has 7 heteroatoms. The minimum Gasteiger partial charge on any atom is -0.481 e. The molecule has 0 aliphatic heterocycles. The summed E-state index contributed by atoms with van der Waals surface area (Å²) in [5.41, 5.74) is 1.86. The molecule has 2 amide bonds. The summed E-state index contributed by atoms with van der Waals surface area (Å²) in [6, 6.07) is 7.44. The third kappa shape index (κ3) is 5.88. The lowest BCUT2D eigenvalue weighted by atomic mass is 10.1. The number of hydrogen-bond donors (Lipinski definition) is 3. The first-order valence-electron chi connectivity index (χ1n) is 7.90. The molecule has 1 saturated carbocycles. The first-order chi connectivity index (χ1) is 11.4. The summed E-state index contributed by atoms with van der Waals surface area (Å²) >= 11 is 1.24. The number of benzene rings is 1. The van der Waals surface area contributed by atoms with E-state index in [1.165, 1.54) is 11.8 Å². The summed E-state index contributed by atoms with van der Waals surface area (Å²) in [4.78, 5) is 34.5. The Labute approximate surface area is 145 Å². The molecule has 0 aromatic heterocycles. The highest BCUT2D eigenvalue weighted by Gasteiger charge is 2.30. The highest BCUT2D eigenvalue weighted by atomic mass is 32.2. The number of carboxylic acid groups (broad SMARTS) is 1. The maximum atomic E-state index is 11.8. The fraction of sp³-hybridized carbons (Fsp3) is 0.471. The SMILES string of the molecule is Cc1ccc(NC(=O)CSCC(=O)N[C@H]2CC[C@@H](C(=O)O)C2)cc1. The van der Waals surface area contributed by atoms with Gasteiger partial charge in [0.15, 0.2) is 0 Å².